The maximum atomic E-state index is 11.7. The SMILES string of the molecule is Cc1n[nH]c(C)c1NC1CCN(CC(=O)N(C)C)CC1. The van der Waals surface area contributed by atoms with E-state index in [1.165, 1.54) is 0 Å². The number of amides is 1. The number of hydrogen-bond donors (Lipinski definition) is 2. The molecule has 112 valence electrons. The van der Waals surface area contributed by atoms with E-state index in [4.69, 9.17) is 0 Å². The third kappa shape index (κ3) is 3.50. The van der Waals surface area contributed by atoms with Gasteiger partial charge in [-0.2, -0.15) is 5.10 Å². The zero-order chi connectivity index (χ0) is 14.7. The van der Waals surface area contributed by atoms with Crippen molar-refractivity contribution in [2.75, 3.05) is 39.0 Å². The first-order valence-corrected chi connectivity index (χ1v) is 7.18. The van der Waals surface area contributed by atoms with Crippen molar-refractivity contribution in [2.45, 2.75) is 32.7 Å². The molecule has 1 fully saturated rings. The van der Waals surface area contributed by atoms with Crippen molar-refractivity contribution in [3.05, 3.63) is 11.4 Å². The van der Waals surface area contributed by atoms with Crippen LogP contribution in [-0.2, 0) is 4.79 Å². The van der Waals surface area contributed by atoms with E-state index in [0.717, 1.165) is 43.0 Å². The number of likely N-dealkylation sites (tertiary alicyclic amines) is 1. The molecule has 6 nitrogen and oxygen atoms in total. The molecule has 0 saturated carbocycles. The molecule has 0 unspecified atom stereocenters. The monoisotopic (exact) mass is 279 g/mol. The summed E-state index contributed by atoms with van der Waals surface area (Å²) in [6.45, 7) is 6.51. The van der Waals surface area contributed by atoms with Crippen LogP contribution >= 0.6 is 0 Å². The number of likely N-dealkylation sites (N-methyl/N-ethyl adjacent to an activating group) is 1. The molecule has 20 heavy (non-hydrogen) atoms. The molecule has 2 N–H and O–H groups in total. The Hall–Kier alpha value is -1.56. The number of nitrogens with one attached hydrogen (secondary N) is 2. The average molecular weight is 279 g/mol. The molecule has 1 aliphatic rings. The number of carbonyl (C=O) groups is 1. The molecular formula is C14H25N5O. The molecule has 0 spiro atoms. The zero-order valence-corrected chi connectivity index (χ0v) is 12.9. The smallest absolute Gasteiger partial charge is 0.236 e. The minimum atomic E-state index is 0.179. The number of aryl methyl sites for hydroxylation is 2. The summed E-state index contributed by atoms with van der Waals surface area (Å²) in [6, 6.07) is 0.468. The Morgan fingerprint density at radius 2 is 2.05 bits per heavy atom. The summed E-state index contributed by atoms with van der Waals surface area (Å²) < 4.78 is 0. The molecule has 2 heterocycles. The molecule has 1 aliphatic heterocycles. The summed E-state index contributed by atoms with van der Waals surface area (Å²) in [5, 5.41) is 10.8. The largest absolute Gasteiger partial charge is 0.379 e. The Balaban J connectivity index is 1.81. The fourth-order valence-electron chi connectivity index (χ4n) is 2.54. The van der Waals surface area contributed by atoms with Gasteiger partial charge in [-0.15, -0.1) is 0 Å². The lowest BCUT2D eigenvalue weighted by atomic mass is 10.0. The third-order valence-corrected chi connectivity index (χ3v) is 3.92. The van der Waals surface area contributed by atoms with Crippen LogP contribution < -0.4 is 5.32 Å². The fraction of sp³-hybridized carbons (Fsp3) is 0.714. The number of anilines is 1. The van der Waals surface area contributed by atoms with Gasteiger partial charge in [0.25, 0.3) is 0 Å². The summed E-state index contributed by atoms with van der Waals surface area (Å²) in [5.74, 6) is 0.179. The van der Waals surface area contributed by atoms with Crippen molar-refractivity contribution in [1.29, 1.82) is 0 Å². The van der Waals surface area contributed by atoms with Crippen LogP contribution in [0.2, 0.25) is 0 Å². The second-order valence-corrected chi connectivity index (χ2v) is 5.79. The highest BCUT2D eigenvalue weighted by Crippen LogP contribution is 2.21. The van der Waals surface area contributed by atoms with Gasteiger partial charge < -0.3 is 10.2 Å². The summed E-state index contributed by atoms with van der Waals surface area (Å²) in [6.07, 6.45) is 2.12. The second-order valence-electron chi connectivity index (χ2n) is 5.79. The molecule has 0 aliphatic carbocycles. The Labute approximate surface area is 120 Å². The van der Waals surface area contributed by atoms with Crippen molar-refractivity contribution in [1.82, 2.24) is 20.0 Å². The van der Waals surface area contributed by atoms with Gasteiger partial charge in [0.1, 0.15) is 0 Å². The molecule has 0 bridgehead atoms. The number of H-pyrrole nitrogens is 1. The highest BCUT2D eigenvalue weighted by molar-refractivity contribution is 5.77. The highest BCUT2D eigenvalue weighted by Gasteiger charge is 2.22. The Morgan fingerprint density at radius 3 is 2.55 bits per heavy atom. The first-order valence-electron chi connectivity index (χ1n) is 7.18. The number of hydrogen-bond acceptors (Lipinski definition) is 4. The molecule has 1 aromatic heterocycles. The van der Waals surface area contributed by atoms with Crippen LogP contribution in [0.15, 0.2) is 0 Å². The van der Waals surface area contributed by atoms with Crippen molar-refractivity contribution in [2.24, 2.45) is 0 Å². The van der Waals surface area contributed by atoms with Gasteiger partial charge in [0.2, 0.25) is 5.91 Å². The average Bonchev–Trinajstić information content (AvgIpc) is 2.72. The molecule has 2 rings (SSSR count). The summed E-state index contributed by atoms with van der Waals surface area (Å²) in [4.78, 5) is 15.6. The fourth-order valence-corrected chi connectivity index (χ4v) is 2.54. The van der Waals surface area contributed by atoms with Gasteiger partial charge in [0.05, 0.1) is 23.6 Å². The van der Waals surface area contributed by atoms with E-state index in [0.29, 0.717) is 12.6 Å². The summed E-state index contributed by atoms with van der Waals surface area (Å²) >= 11 is 0. The molecule has 6 heteroatoms. The van der Waals surface area contributed by atoms with E-state index in [1.54, 1.807) is 19.0 Å². The third-order valence-electron chi connectivity index (χ3n) is 3.92. The molecular weight excluding hydrogens is 254 g/mol. The zero-order valence-electron chi connectivity index (χ0n) is 12.9. The van der Waals surface area contributed by atoms with Gasteiger partial charge in [-0.1, -0.05) is 0 Å². The van der Waals surface area contributed by atoms with Crippen LogP contribution in [0.1, 0.15) is 24.2 Å². The quantitative estimate of drug-likeness (QED) is 0.863. The van der Waals surface area contributed by atoms with Crippen LogP contribution in [0.25, 0.3) is 0 Å². The van der Waals surface area contributed by atoms with Crippen molar-refractivity contribution in [3.8, 4) is 0 Å². The Morgan fingerprint density at radius 1 is 1.40 bits per heavy atom. The lowest BCUT2D eigenvalue weighted by molar-refractivity contribution is -0.130. The van der Waals surface area contributed by atoms with E-state index < -0.39 is 0 Å². The maximum Gasteiger partial charge on any atom is 0.236 e. The normalized spacial score (nSPS) is 17.2. The van der Waals surface area contributed by atoms with E-state index in [2.05, 4.69) is 20.4 Å². The van der Waals surface area contributed by atoms with E-state index in [-0.39, 0.29) is 5.91 Å². The standard InChI is InChI=1S/C14H25N5O/c1-10-14(11(2)17-16-10)15-12-5-7-19(8-6-12)9-13(20)18(3)4/h12,15H,5-9H2,1-4H3,(H,16,17). The van der Waals surface area contributed by atoms with Crippen LogP contribution in [0.4, 0.5) is 5.69 Å². The number of carbonyl (C=O) groups excluding carboxylic acids is 1. The molecule has 1 saturated heterocycles. The van der Waals surface area contributed by atoms with Crippen molar-refractivity contribution < 1.29 is 4.79 Å². The number of nitrogens with zero attached hydrogens (tertiary/aromatic N) is 3. The second kappa shape index (κ2) is 6.26. The van der Waals surface area contributed by atoms with Crippen LogP contribution in [0.5, 0.6) is 0 Å². The number of aromatic amines is 1. The number of piperidine rings is 1. The van der Waals surface area contributed by atoms with Crippen LogP contribution in [-0.4, -0.2) is 65.7 Å². The van der Waals surface area contributed by atoms with Crippen LogP contribution in [0.3, 0.4) is 0 Å². The first kappa shape index (κ1) is 14.8. The Kier molecular flexibility index (Phi) is 4.65. The van der Waals surface area contributed by atoms with Gasteiger partial charge in [-0.25, -0.2) is 0 Å². The highest BCUT2D eigenvalue weighted by atomic mass is 16.2. The minimum absolute atomic E-state index is 0.179. The van der Waals surface area contributed by atoms with E-state index in [9.17, 15) is 4.79 Å². The van der Waals surface area contributed by atoms with Gasteiger partial charge in [0.15, 0.2) is 0 Å². The van der Waals surface area contributed by atoms with Crippen LogP contribution in [0, 0.1) is 13.8 Å². The molecule has 0 aromatic carbocycles. The predicted octanol–water partition coefficient (Wildman–Crippen LogP) is 0.991. The molecule has 0 atom stereocenters. The Bertz CT molecular complexity index is 441. The molecule has 0 radical (unpaired) electrons. The van der Waals surface area contributed by atoms with Crippen molar-refractivity contribution in [3.63, 3.8) is 0 Å². The maximum absolute atomic E-state index is 11.7. The van der Waals surface area contributed by atoms with E-state index >= 15 is 0 Å². The lowest BCUT2D eigenvalue weighted by Gasteiger charge is -2.32. The van der Waals surface area contributed by atoms with Gasteiger partial charge in [-0.3, -0.25) is 14.8 Å². The van der Waals surface area contributed by atoms with Gasteiger partial charge in [-0.05, 0) is 26.7 Å². The number of aromatic nitrogens is 2. The first-order chi connectivity index (χ1) is 9.47. The molecule has 1 aromatic rings. The summed E-state index contributed by atoms with van der Waals surface area (Å²) in [5.41, 5.74) is 3.24. The van der Waals surface area contributed by atoms with E-state index in [1.807, 2.05) is 13.8 Å². The molecule has 1 amide bonds. The summed E-state index contributed by atoms with van der Waals surface area (Å²) in [7, 11) is 3.61. The lowest BCUT2D eigenvalue weighted by Crippen LogP contribution is -2.44. The topological polar surface area (TPSA) is 64.3 Å². The van der Waals surface area contributed by atoms with Gasteiger partial charge in [0, 0.05) is 33.2 Å². The van der Waals surface area contributed by atoms with Gasteiger partial charge >= 0.3 is 0 Å². The minimum Gasteiger partial charge on any atom is -0.379 e. The number of rotatable bonds is 4. The predicted molar refractivity (Wildman–Crippen MR) is 79.8 cm³/mol. The van der Waals surface area contributed by atoms with Crippen molar-refractivity contribution >= 4 is 11.6 Å².